The van der Waals surface area contributed by atoms with Crippen molar-refractivity contribution in [3.63, 3.8) is 0 Å². The minimum absolute atomic E-state index is 0.362. The molecular weight excluding hydrogens is 327 g/mol. The van der Waals surface area contributed by atoms with E-state index in [1.54, 1.807) is 0 Å². The van der Waals surface area contributed by atoms with Crippen LogP contribution in [0.1, 0.15) is 15.9 Å². The summed E-state index contributed by atoms with van der Waals surface area (Å²) in [6.45, 7) is -1.25. The van der Waals surface area contributed by atoms with E-state index < -0.39 is 58.5 Å². The summed E-state index contributed by atoms with van der Waals surface area (Å²) in [5.74, 6) is -13.2. The van der Waals surface area contributed by atoms with Crippen molar-refractivity contribution in [1.82, 2.24) is 0 Å². The first-order valence-electron chi connectivity index (χ1n) is 5.93. The number of ether oxygens (including phenoxy) is 1. The van der Waals surface area contributed by atoms with E-state index in [0.29, 0.717) is 0 Å². The minimum atomic E-state index is -2.33. The van der Waals surface area contributed by atoms with E-state index in [9.17, 15) is 31.9 Å². The van der Waals surface area contributed by atoms with Crippen molar-refractivity contribution in [2.45, 2.75) is 6.61 Å². The summed E-state index contributed by atoms with van der Waals surface area (Å²) in [6, 6.07) is 2.77. The van der Waals surface area contributed by atoms with Crippen molar-refractivity contribution in [3.8, 4) is 11.5 Å². The van der Waals surface area contributed by atoms with Crippen LogP contribution in [0.5, 0.6) is 11.5 Å². The zero-order chi connectivity index (χ0) is 17.3. The molecule has 0 amide bonds. The Morgan fingerprint density at radius 1 is 0.913 bits per heavy atom. The fraction of sp³-hybridized carbons (Fsp3) is 0.0714. The molecule has 0 spiro atoms. The summed E-state index contributed by atoms with van der Waals surface area (Å²) in [5.41, 5.74) is -1.79. The average Bonchev–Trinajstić information content (AvgIpc) is 2.50. The van der Waals surface area contributed by atoms with Crippen molar-refractivity contribution < 1.29 is 41.7 Å². The van der Waals surface area contributed by atoms with Gasteiger partial charge in [-0.3, -0.25) is 0 Å². The van der Waals surface area contributed by atoms with Crippen LogP contribution < -0.4 is 0 Å². The highest BCUT2D eigenvalue weighted by Crippen LogP contribution is 2.26. The number of phenols is 2. The number of benzene rings is 2. The Hall–Kier alpha value is -2.84. The molecule has 0 aromatic heterocycles. The average molecular weight is 334 g/mol. The van der Waals surface area contributed by atoms with E-state index in [0.717, 1.165) is 18.2 Å². The second-order valence-corrected chi connectivity index (χ2v) is 4.33. The van der Waals surface area contributed by atoms with E-state index in [4.69, 9.17) is 5.11 Å². The van der Waals surface area contributed by atoms with Gasteiger partial charge in [0.1, 0.15) is 23.7 Å². The molecule has 2 aromatic carbocycles. The number of aromatic hydroxyl groups is 2. The lowest BCUT2D eigenvalue weighted by Crippen LogP contribution is -2.12. The standard InChI is InChI=1S/C14H7F5O4/c15-9-7(10(16)12(18)13(19)11(9)17)4-23-14(22)6-2-1-5(20)3-8(6)21/h1-3,20-21H,4H2. The zero-order valence-electron chi connectivity index (χ0n) is 11.0. The lowest BCUT2D eigenvalue weighted by molar-refractivity contribution is 0.0459. The topological polar surface area (TPSA) is 66.8 Å². The minimum Gasteiger partial charge on any atom is -0.508 e. The van der Waals surface area contributed by atoms with E-state index in [1.165, 1.54) is 0 Å². The zero-order valence-corrected chi connectivity index (χ0v) is 11.0. The lowest BCUT2D eigenvalue weighted by atomic mass is 10.1. The predicted molar refractivity (Wildman–Crippen MR) is 65.1 cm³/mol. The Balaban J connectivity index is 2.26. The Bertz CT molecular complexity index is 762. The van der Waals surface area contributed by atoms with Crippen LogP contribution in [0.3, 0.4) is 0 Å². The molecule has 2 rings (SSSR count). The van der Waals surface area contributed by atoms with Crippen molar-refractivity contribution in [2.24, 2.45) is 0 Å². The first-order chi connectivity index (χ1) is 10.7. The van der Waals surface area contributed by atoms with Crippen molar-refractivity contribution in [3.05, 3.63) is 58.4 Å². The summed E-state index contributed by atoms with van der Waals surface area (Å²) in [7, 11) is 0. The molecule has 0 fully saturated rings. The largest absolute Gasteiger partial charge is 0.508 e. The predicted octanol–water partition coefficient (Wildman–Crippen LogP) is 3.15. The summed E-state index contributed by atoms with van der Waals surface area (Å²) in [6.07, 6.45) is 0. The number of rotatable bonds is 3. The summed E-state index contributed by atoms with van der Waals surface area (Å²) < 4.78 is 70.1. The van der Waals surface area contributed by atoms with Gasteiger partial charge < -0.3 is 14.9 Å². The number of phenolic OH excluding ortho intramolecular Hbond substituents is 2. The Morgan fingerprint density at radius 2 is 1.43 bits per heavy atom. The second-order valence-electron chi connectivity index (χ2n) is 4.33. The molecule has 122 valence electrons. The van der Waals surface area contributed by atoms with Gasteiger partial charge in [-0.15, -0.1) is 0 Å². The van der Waals surface area contributed by atoms with Crippen LogP contribution >= 0.6 is 0 Å². The molecule has 2 aromatic rings. The van der Waals surface area contributed by atoms with Crippen molar-refractivity contribution in [1.29, 1.82) is 0 Å². The van der Waals surface area contributed by atoms with Crippen LogP contribution in [-0.2, 0) is 11.3 Å². The Morgan fingerprint density at radius 3 is 1.96 bits per heavy atom. The second kappa shape index (κ2) is 6.11. The van der Waals surface area contributed by atoms with Crippen LogP contribution in [0.25, 0.3) is 0 Å². The SMILES string of the molecule is O=C(OCc1c(F)c(F)c(F)c(F)c1F)c1ccc(O)cc1O. The molecule has 4 nitrogen and oxygen atoms in total. The molecule has 0 saturated heterocycles. The lowest BCUT2D eigenvalue weighted by Gasteiger charge is -2.10. The maximum absolute atomic E-state index is 13.4. The van der Waals surface area contributed by atoms with Gasteiger partial charge in [-0.2, -0.15) is 0 Å². The van der Waals surface area contributed by atoms with E-state index >= 15 is 0 Å². The maximum Gasteiger partial charge on any atom is 0.342 e. The highest BCUT2D eigenvalue weighted by Gasteiger charge is 2.26. The summed E-state index contributed by atoms with van der Waals surface area (Å²) >= 11 is 0. The van der Waals surface area contributed by atoms with E-state index in [2.05, 4.69) is 4.74 Å². The third kappa shape index (κ3) is 3.03. The maximum atomic E-state index is 13.4. The van der Waals surface area contributed by atoms with Crippen LogP contribution in [0.15, 0.2) is 18.2 Å². The molecule has 0 saturated carbocycles. The number of carbonyl (C=O) groups is 1. The van der Waals surface area contributed by atoms with Gasteiger partial charge in [0, 0.05) is 6.07 Å². The van der Waals surface area contributed by atoms with Gasteiger partial charge in [0.25, 0.3) is 0 Å². The van der Waals surface area contributed by atoms with Gasteiger partial charge in [-0.25, -0.2) is 26.7 Å². The molecule has 0 atom stereocenters. The Kier molecular flexibility index (Phi) is 4.39. The normalized spacial score (nSPS) is 10.7. The first-order valence-corrected chi connectivity index (χ1v) is 5.93. The number of esters is 1. The van der Waals surface area contributed by atoms with Crippen LogP contribution in [0.2, 0.25) is 0 Å². The molecule has 23 heavy (non-hydrogen) atoms. The van der Waals surface area contributed by atoms with Gasteiger partial charge in [-0.05, 0) is 12.1 Å². The molecule has 0 aliphatic rings. The molecular formula is C14H7F5O4. The molecule has 0 aliphatic carbocycles. The fourth-order valence-corrected chi connectivity index (χ4v) is 1.69. The molecule has 0 radical (unpaired) electrons. The third-order valence-corrected chi connectivity index (χ3v) is 2.85. The smallest absolute Gasteiger partial charge is 0.342 e. The number of carbonyl (C=O) groups excluding carboxylic acids is 1. The van der Waals surface area contributed by atoms with Gasteiger partial charge in [0.2, 0.25) is 5.82 Å². The summed E-state index contributed by atoms with van der Waals surface area (Å²) in [5, 5.41) is 18.5. The molecule has 0 unspecified atom stereocenters. The highest BCUT2D eigenvalue weighted by molar-refractivity contribution is 5.92. The fourth-order valence-electron chi connectivity index (χ4n) is 1.69. The quantitative estimate of drug-likeness (QED) is 0.392. The van der Waals surface area contributed by atoms with Crippen molar-refractivity contribution in [2.75, 3.05) is 0 Å². The van der Waals surface area contributed by atoms with Crippen LogP contribution in [0.4, 0.5) is 22.0 Å². The van der Waals surface area contributed by atoms with Crippen molar-refractivity contribution >= 4 is 5.97 Å². The van der Waals surface area contributed by atoms with Gasteiger partial charge >= 0.3 is 5.97 Å². The van der Waals surface area contributed by atoms with E-state index in [1.807, 2.05) is 0 Å². The number of hydrogen-bond donors (Lipinski definition) is 2. The van der Waals surface area contributed by atoms with Crippen LogP contribution in [0, 0.1) is 29.1 Å². The Labute approximate surface area is 125 Å². The number of halogens is 5. The molecule has 2 N–H and O–H groups in total. The third-order valence-electron chi connectivity index (χ3n) is 2.85. The van der Waals surface area contributed by atoms with Crippen LogP contribution in [-0.4, -0.2) is 16.2 Å². The number of hydrogen-bond acceptors (Lipinski definition) is 4. The monoisotopic (exact) mass is 334 g/mol. The van der Waals surface area contributed by atoms with E-state index in [-0.39, 0.29) is 5.75 Å². The summed E-state index contributed by atoms with van der Waals surface area (Å²) in [4.78, 5) is 11.6. The van der Waals surface area contributed by atoms with Gasteiger partial charge in [0.05, 0.1) is 5.56 Å². The van der Waals surface area contributed by atoms with Gasteiger partial charge in [-0.1, -0.05) is 0 Å². The van der Waals surface area contributed by atoms with Gasteiger partial charge in [0.15, 0.2) is 23.3 Å². The highest BCUT2D eigenvalue weighted by atomic mass is 19.2. The first kappa shape index (κ1) is 16.5. The molecule has 0 aliphatic heterocycles. The molecule has 0 heterocycles. The molecule has 0 bridgehead atoms. The molecule has 9 heteroatoms.